The minimum atomic E-state index is -0.158. The lowest BCUT2D eigenvalue weighted by Crippen LogP contribution is -2.38. The number of likely N-dealkylation sites (tertiary alicyclic amines) is 1. The van der Waals surface area contributed by atoms with Gasteiger partial charge in [0, 0.05) is 24.7 Å². The van der Waals surface area contributed by atoms with Gasteiger partial charge in [0.1, 0.15) is 5.75 Å². The van der Waals surface area contributed by atoms with Crippen LogP contribution in [0.5, 0.6) is 17.2 Å². The van der Waals surface area contributed by atoms with Crippen molar-refractivity contribution < 1.29 is 19.0 Å². The van der Waals surface area contributed by atoms with E-state index in [1.54, 1.807) is 26.4 Å². The third-order valence-electron chi connectivity index (χ3n) is 5.05. The molecule has 0 aromatic heterocycles. The molecule has 1 amide bonds. The van der Waals surface area contributed by atoms with Gasteiger partial charge in [0.15, 0.2) is 11.5 Å². The van der Waals surface area contributed by atoms with Crippen LogP contribution in [0.15, 0.2) is 12.1 Å². The molecule has 1 aliphatic heterocycles. The van der Waals surface area contributed by atoms with Crippen molar-refractivity contribution in [1.29, 1.82) is 0 Å². The molecule has 0 spiro atoms. The van der Waals surface area contributed by atoms with Gasteiger partial charge in [0.2, 0.25) is 0 Å². The molecule has 2 rings (SSSR count). The summed E-state index contributed by atoms with van der Waals surface area (Å²) in [7, 11) is 4.64. The van der Waals surface area contributed by atoms with Crippen LogP contribution in [0, 0.1) is 0 Å². The van der Waals surface area contributed by atoms with Gasteiger partial charge in [-0.25, -0.2) is 0 Å². The van der Waals surface area contributed by atoms with Crippen LogP contribution in [0.25, 0.3) is 0 Å². The van der Waals surface area contributed by atoms with Crippen LogP contribution < -0.4 is 19.5 Å². The molecule has 1 heterocycles. The van der Waals surface area contributed by atoms with E-state index >= 15 is 0 Å². The summed E-state index contributed by atoms with van der Waals surface area (Å²) in [6.07, 6.45) is 6.01. The Morgan fingerprint density at radius 2 is 1.77 bits per heavy atom. The molecule has 1 aromatic rings. The first-order valence-electron chi connectivity index (χ1n) is 9.43. The number of nitrogens with one attached hydrogen (secondary N) is 1. The number of methoxy groups -OCH3 is 3. The maximum absolute atomic E-state index is 12.5. The second-order valence-corrected chi connectivity index (χ2v) is 6.75. The molecule has 1 aromatic carbocycles. The second kappa shape index (κ2) is 10.3. The molecule has 0 aliphatic carbocycles. The Labute approximate surface area is 156 Å². The Bertz CT molecular complexity index is 591. The van der Waals surface area contributed by atoms with Crippen LogP contribution in [-0.2, 0) is 0 Å². The number of carbonyl (C=O) groups is 1. The summed E-state index contributed by atoms with van der Waals surface area (Å²) in [5, 5.41) is 2.98. The van der Waals surface area contributed by atoms with Crippen molar-refractivity contribution in [3.63, 3.8) is 0 Å². The summed E-state index contributed by atoms with van der Waals surface area (Å²) < 4.78 is 15.9. The molecule has 146 valence electrons. The fourth-order valence-electron chi connectivity index (χ4n) is 3.43. The number of benzene rings is 1. The van der Waals surface area contributed by atoms with Crippen molar-refractivity contribution in [2.45, 2.75) is 45.1 Å². The predicted octanol–water partition coefficient (Wildman–Crippen LogP) is 3.10. The van der Waals surface area contributed by atoms with Gasteiger partial charge in [-0.05, 0) is 45.7 Å². The molecule has 6 heteroatoms. The summed E-state index contributed by atoms with van der Waals surface area (Å²) in [5.41, 5.74) is 0.454. The Morgan fingerprint density at radius 1 is 1.08 bits per heavy atom. The highest BCUT2D eigenvalue weighted by atomic mass is 16.5. The average molecular weight is 364 g/mol. The van der Waals surface area contributed by atoms with Crippen LogP contribution in [-0.4, -0.2) is 57.8 Å². The number of amides is 1. The van der Waals surface area contributed by atoms with Crippen molar-refractivity contribution in [3.8, 4) is 17.2 Å². The van der Waals surface area contributed by atoms with E-state index < -0.39 is 0 Å². The molecule has 1 atom stereocenters. The number of rotatable bonds is 9. The van der Waals surface area contributed by atoms with Gasteiger partial charge in [0.05, 0.1) is 26.9 Å². The zero-order chi connectivity index (χ0) is 18.9. The van der Waals surface area contributed by atoms with E-state index in [2.05, 4.69) is 17.1 Å². The fraction of sp³-hybridized carbons (Fsp3) is 0.650. The zero-order valence-corrected chi connectivity index (χ0v) is 16.5. The van der Waals surface area contributed by atoms with E-state index in [1.807, 2.05) is 0 Å². The van der Waals surface area contributed by atoms with Crippen LogP contribution >= 0.6 is 0 Å². The molecule has 1 saturated heterocycles. The quantitative estimate of drug-likeness (QED) is 0.682. The number of piperidine rings is 1. The lowest BCUT2D eigenvalue weighted by molar-refractivity contribution is 0.0948. The molecule has 0 radical (unpaired) electrons. The number of hydrogen-bond acceptors (Lipinski definition) is 5. The Kier molecular flexibility index (Phi) is 8.04. The topological polar surface area (TPSA) is 60.0 Å². The minimum absolute atomic E-state index is 0.158. The Morgan fingerprint density at radius 3 is 2.42 bits per heavy atom. The summed E-state index contributed by atoms with van der Waals surface area (Å²) in [5.74, 6) is 1.37. The second-order valence-electron chi connectivity index (χ2n) is 6.75. The molecular formula is C20H32N2O4. The lowest BCUT2D eigenvalue weighted by Gasteiger charge is -2.33. The summed E-state index contributed by atoms with van der Waals surface area (Å²) in [6.45, 7) is 5.27. The van der Waals surface area contributed by atoms with Gasteiger partial charge in [-0.3, -0.25) is 4.79 Å². The first kappa shape index (κ1) is 20.4. The van der Waals surface area contributed by atoms with Crippen LogP contribution in [0.2, 0.25) is 0 Å². The van der Waals surface area contributed by atoms with E-state index in [0.29, 0.717) is 35.4 Å². The molecule has 1 fully saturated rings. The standard InChI is InChI=1S/C20H32N2O4/c1-15-9-5-7-11-22(15)12-8-6-10-21-20(23)16-13-18(25-3)19(26-4)14-17(16)24-2/h13-15H,5-12H2,1-4H3,(H,21,23). The third kappa shape index (κ3) is 5.27. The minimum Gasteiger partial charge on any atom is -0.496 e. The molecule has 1 unspecified atom stereocenters. The smallest absolute Gasteiger partial charge is 0.255 e. The first-order valence-corrected chi connectivity index (χ1v) is 9.43. The van der Waals surface area contributed by atoms with Crippen LogP contribution in [0.1, 0.15) is 49.4 Å². The van der Waals surface area contributed by atoms with E-state index in [9.17, 15) is 4.79 Å². The van der Waals surface area contributed by atoms with Crippen molar-refractivity contribution in [1.82, 2.24) is 10.2 Å². The van der Waals surface area contributed by atoms with Gasteiger partial charge < -0.3 is 24.4 Å². The maximum Gasteiger partial charge on any atom is 0.255 e. The van der Waals surface area contributed by atoms with E-state index in [4.69, 9.17) is 14.2 Å². The van der Waals surface area contributed by atoms with Gasteiger partial charge in [-0.15, -0.1) is 0 Å². The number of unbranched alkanes of at least 4 members (excludes halogenated alkanes) is 1. The molecular weight excluding hydrogens is 332 g/mol. The van der Waals surface area contributed by atoms with Crippen LogP contribution in [0.3, 0.4) is 0 Å². The molecule has 1 N–H and O–H groups in total. The Balaban J connectivity index is 1.83. The van der Waals surface area contributed by atoms with E-state index in [0.717, 1.165) is 19.4 Å². The lowest BCUT2D eigenvalue weighted by atomic mass is 10.0. The first-order chi connectivity index (χ1) is 12.6. The normalized spacial score (nSPS) is 17.6. The highest BCUT2D eigenvalue weighted by Crippen LogP contribution is 2.34. The largest absolute Gasteiger partial charge is 0.496 e. The molecule has 6 nitrogen and oxygen atoms in total. The third-order valence-corrected chi connectivity index (χ3v) is 5.05. The highest BCUT2D eigenvalue weighted by Gasteiger charge is 2.18. The number of hydrogen-bond donors (Lipinski definition) is 1. The van der Waals surface area contributed by atoms with Gasteiger partial charge >= 0.3 is 0 Å². The van der Waals surface area contributed by atoms with Crippen molar-refractivity contribution in [3.05, 3.63) is 17.7 Å². The molecule has 1 aliphatic rings. The maximum atomic E-state index is 12.5. The fourth-order valence-corrected chi connectivity index (χ4v) is 3.43. The van der Waals surface area contributed by atoms with Crippen LogP contribution in [0.4, 0.5) is 0 Å². The molecule has 0 saturated carbocycles. The molecule has 0 bridgehead atoms. The summed E-state index contributed by atoms with van der Waals surface area (Å²) >= 11 is 0. The number of ether oxygens (including phenoxy) is 3. The average Bonchev–Trinajstić information content (AvgIpc) is 2.67. The molecule has 26 heavy (non-hydrogen) atoms. The van der Waals surface area contributed by atoms with Crippen molar-refractivity contribution in [2.75, 3.05) is 41.0 Å². The SMILES string of the molecule is COc1cc(OC)c(C(=O)NCCCCN2CCCCC2C)cc1OC. The zero-order valence-electron chi connectivity index (χ0n) is 16.5. The van der Waals surface area contributed by atoms with E-state index in [-0.39, 0.29) is 5.91 Å². The number of carbonyl (C=O) groups excluding carboxylic acids is 1. The van der Waals surface area contributed by atoms with Gasteiger partial charge in [0.25, 0.3) is 5.91 Å². The van der Waals surface area contributed by atoms with Gasteiger partial charge in [-0.1, -0.05) is 6.42 Å². The van der Waals surface area contributed by atoms with Crippen molar-refractivity contribution in [2.24, 2.45) is 0 Å². The Hall–Kier alpha value is -1.95. The predicted molar refractivity (Wildman–Crippen MR) is 103 cm³/mol. The highest BCUT2D eigenvalue weighted by molar-refractivity contribution is 5.97. The van der Waals surface area contributed by atoms with E-state index in [1.165, 1.54) is 32.9 Å². The van der Waals surface area contributed by atoms with Gasteiger partial charge in [-0.2, -0.15) is 0 Å². The number of nitrogens with zero attached hydrogens (tertiary/aromatic N) is 1. The summed E-state index contributed by atoms with van der Waals surface area (Å²) in [4.78, 5) is 15.1. The summed E-state index contributed by atoms with van der Waals surface area (Å²) in [6, 6.07) is 4.02. The monoisotopic (exact) mass is 364 g/mol. The van der Waals surface area contributed by atoms with Crippen molar-refractivity contribution >= 4 is 5.91 Å².